The van der Waals surface area contributed by atoms with E-state index >= 15 is 0 Å². The Morgan fingerprint density at radius 3 is 2.89 bits per heavy atom. The summed E-state index contributed by atoms with van der Waals surface area (Å²) < 4.78 is 0. The average Bonchev–Trinajstić information content (AvgIpc) is 2.80. The van der Waals surface area contributed by atoms with Crippen molar-refractivity contribution < 1.29 is 9.90 Å². The van der Waals surface area contributed by atoms with E-state index < -0.39 is 5.97 Å². The highest BCUT2D eigenvalue weighted by Crippen LogP contribution is 2.18. The fourth-order valence-corrected chi connectivity index (χ4v) is 1.76. The lowest BCUT2D eigenvalue weighted by molar-refractivity contribution is 0.0697. The number of hydrogen-bond acceptors (Lipinski definition) is 4. The first-order valence-electron chi connectivity index (χ1n) is 5.63. The summed E-state index contributed by atoms with van der Waals surface area (Å²) in [6.45, 7) is 0. The number of anilines is 2. The summed E-state index contributed by atoms with van der Waals surface area (Å²) in [5.74, 6) is 0.229. The maximum atomic E-state index is 10.9. The minimum atomic E-state index is -0.962. The van der Waals surface area contributed by atoms with Gasteiger partial charge in [0.2, 0.25) is 5.95 Å². The molecule has 6 heteroatoms. The Morgan fingerprint density at radius 1 is 1.26 bits per heavy atom. The van der Waals surface area contributed by atoms with Crippen LogP contribution < -0.4 is 5.32 Å². The van der Waals surface area contributed by atoms with Crippen LogP contribution in [-0.2, 0) is 0 Å². The highest BCUT2D eigenvalue weighted by atomic mass is 16.4. The van der Waals surface area contributed by atoms with Crippen LogP contribution in [0.5, 0.6) is 0 Å². The van der Waals surface area contributed by atoms with Crippen molar-refractivity contribution >= 4 is 28.8 Å². The summed E-state index contributed by atoms with van der Waals surface area (Å²) in [7, 11) is 0. The van der Waals surface area contributed by atoms with Gasteiger partial charge in [0.1, 0.15) is 5.82 Å². The van der Waals surface area contributed by atoms with Gasteiger partial charge >= 0.3 is 5.97 Å². The van der Waals surface area contributed by atoms with Crippen molar-refractivity contribution in [1.29, 1.82) is 0 Å². The first kappa shape index (κ1) is 11.2. The predicted octanol–water partition coefficient (Wildman–Crippen LogP) is 2.40. The summed E-state index contributed by atoms with van der Waals surface area (Å²) in [5, 5.41) is 11.9. The van der Waals surface area contributed by atoms with Gasteiger partial charge in [-0.15, -0.1) is 0 Å². The molecule has 0 aliphatic carbocycles. The third-order valence-corrected chi connectivity index (χ3v) is 2.64. The number of aromatic amines is 1. The SMILES string of the molecule is O=C(O)c1ccc2nc(Nc3ccccn3)[nH]c2c1. The van der Waals surface area contributed by atoms with Gasteiger partial charge in [-0.25, -0.2) is 14.8 Å². The first-order chi connectivity index (χ1) is 9.22. The number of nitrogens with one attached hydrogen (secondary N) is 2. The standard InChI is InChI=1S/C13H10N4O2/c18-12(19)8-4-5-9-10(7-8)16-13(15-9)17-11-3-1-2-6-14-11/h1-7H,(H,18,19)(H2,14,15,16,17). The largest absolute Gasteiger partial charge is 0.478 e. The van der Waals surface area contributed by atoms with Gasteiger partial charge in [0.15, 0.2) is 0 Å². The molecule has 3 aromatic rings. The third kappa shape index (κ3) is 2.23. The van der Waals surface area contributed by atoms with E-state index in [0.29, 0.717) is 22.8 Å². The lowest BCUT2D eigenvalue weighted by Crippen LogP contribution is -1.94. The number of aromatic carboxylic acids is 1. The van der Waals surface area contributed by atoms with Crippen molar-refractivity contribution in [2.45, 2.75) is 0 Å². The molecule has 3 N–H and O–H groups in total. The van der Waals surface area contributed by atoms with Crippen LogP contribution in [0.1, 0.15) is 10.4 Å². The van der Waals surface area contributed by atoms with E-state index in [0.717, 1.165) is 0 Å². The second-order valence-corrected chi connectivity index (χ2v) is 3.96. The van der Waals surface area contributed by atoms with Crippen molar-refractivity contribution in [3.63, 3.8) is 0 Å². The van der Waals surface area contributed by atoms with Crippen LogP contribution in [0.3, 0.4) is 0 Å². The number of pyridine rings is 1. The lowest BCUT2D eigenvalue weighted by Gasteiger charge is -1.99. The number of aromatic nitrogens is 3. The van der Waals surface area contributed by atoms with E-state index in [4.69, 9.17) is 5.11 Å². The van der Waals surface area contributed by atoms with Crippen LogP contribution in [-0.4, -0.2) is 26.0 Å². The van der Waals surface area contributed by atoms with E-state index in [1.165, 1.54) is 6.07 Å². The normalized spacial score (nSPS) is 10.5. The van der Waals surface area contributed by atoms with Crippen LogP contribution in [0.2, 0.25) is 0 Å². The smallest absolute Gasteiger partial charge is 0.335 e. The number of nitrogens with zero attached hydrogens (tertiary/aromatic N) is 2. The Bertz CT molecular complexity index is 737. The fourth-order valence-electron chi connectivity index (χ4n) is 1.76. The van der Waals surface area contributed by atoms with Crippen molar-refractivity contribution in [2.75, 3.05) is 5.32 Å². The number of carbonyl (C=O) groups is 1. The van der Waals surface area contributed by atoms with Gasteiger partial charge in [-0.1, -0.05) is 6.07 Å². The van der Waals surface area contributed by atoms with Gasteiger partial charge in [0.05, 0.1) is 16.6 Å². The minimum absolute atomic E-state index is 0.223. The van der Waals surface area contributed by atoms with Crippen LogP contribution in [0, 0.1) is 0 Å². The molecule has 0 amide bonds. The topological polar surface area (TPSA) is 90.9 Å². The highest BCUT2D eigenvalue weighted by Gasteiger charge is 2.07. The molecule has 0 aliphatic heterocycles. The quantitative estimate of drug-likeness (QED) is 0.667. The molecule has 0 fully saturated rings. The zero-order valence-electron chi connectivity index (χ0n) is 9.79. The zero-order chi connectivity index (χ0) is 13.2. The number of benzene rings is 1. The summed E-state index contributed by atoms with van der Waals surface area (Å²) in [4.78, 5) is 22.3. The molecule has 0 radical (unpaired) electrons. The molecule has 0 spiro atoms. The number of hydrogen-bond donors (Lipinski definition) is 3. The number of imidazole rings is 1. The van der Waals surface area contributed by atoms with Gasteiger partial charge in [0, 0.05) is 6.20 Å². The van der Waals surface area contributed by atoms with E-state index in [2.05, 4.69) is 20.3 Å². The second-order valence-electron chi connectivity index (χ2n) is 3.96. The summed E-state index contributed by atoms with van der Waals surface area (Å²) in [5.41, 5.74) is 1.59. The first-order valence-corrected chi connectivity index (χ1v) is 5.63. The fraction of sp³-hybridized carbons (Fsp3) is 0. The monoisotopic (exact) mass is 254 g/mol. The number of carboxylic acids is 1. The molecular formula is C13H10N4O2. The molecule has 19 heavy (non-hydrogen) atoms. The van der Waals surface area contributed by atoms with Gasteiger partial charge in [0.25, 0.3) is 0 Å². The Morgan fingerprint density at radius 2 is 2.16 bits per heavy atom. The molecule has 0 aliphatic rings. The van der Waals surface area contributed by atoms with Crippen LogP contribution in [0.25, 0.3) is 11.0 Å². The van der Waals surface area contributed by atoms with E-state index in [1.807, 2.05) is 18.2 Å². The molecule has 0 atom stereocenters. The average molecular weight is 254 g/mol. The maximum Gasteiger partial charge on any atom is 0.335 e. The van der Waals surface area contributed by atoms with E-state index in [1.54, 1.807) is 18.3 Å². The van der Waals surface area contributed by atoms with Gasteiger partial charge in [-0.3, -0.25) is 0 Å². The molecule has 0 bridgehead atoms. The molecule has 0 saturated carbocycles. The predicted molar refractivity (Wildman–Crippen MR) is 70.6 cm³/mol. The van der Waals surface area contributed by atoms with Gasteiger partial charge in [-0.2, -0.15) is 0 Å². The van der Waals surface area contributed by atoms with Crippen molar-refractivity contribution in [3.05, 3.63) is 48.2 Å². The van der Waals surface area contributed by atoms with E-state index in [-0.39, 0.29) is 5.56 Å². The van der Waals surface area contributed by atoms with Gasteiger partial charge in [-0.05, 0) is 30.3 Å². The molecular weight excluding hydrogens is 244 g/mol. The summed E-state index contributed by atoms with van der Waals surface area (Å²) in [6.07, 6.45) is 1.67. The zero-order valence-corrected chi connectivity index (χ0v) is 9.79. The Kier molecular flexibility index (Phi) is 2.60. The molecule has 0 saturated heterocycles. The third-order valence-electron chi connectivity index (χ3n) is 2.64. The van der Waals surface area contributed by atoms with E-state index in [9.17, 15) is 4.79 Å². The Balaban J connectivity index is 1.95. The van der Waals surface area contributed by atoms with Crippen LogP contribution in [0.4, 0.5) is 11.8 Å². The molecule has 1 aromatic carbocycles. The Hall–Kier alpha value is -2.89. The summed E-state index contributed by atoms with van der Waals surface area (Å²) >= 11 is 0. The number of carboxylic acid groups (broad SMARTS) is 1. The number of rotatable bonds is 3. The Labute approximate surface area is 108 Å². The summed E-state index contributed by atoms with van der Waals surface area (Å²) in [6, 6.07) is 10.2. The molecule has 3 rings (SSSR count). The molecule has 6 nitrogen and oxygen atoms in total. The van der Waals surface area contributed by atoms with Crippen LogP contribution in [0.15, 0.2) is 42.6 Å². The van der Waals surface area contributed by atoms with Crippen LogP contribution >= 0.6 is 0 Å². The number of H-pyrrole nitrogens is 1. The second kappa shape index (κ2) is 4.41. The molecule has 2 heterocycles. The van der Waals surface area contributed by atoms with Crippen molar-refractivity contribution in [2.24, 2.45) is 0 Å². The minimum Gasteiger partial charge on any atom is -0.478 e. The molecule has 2 aromatic heterocycles. The molecule has 94 valence electrons. The highest BCUT2D eigenvalue weighted by molar-refractivity contribution is 5.92. The lowest BCUT2D eigenvalue weighted by atomic mass is 10.2. The molecule has 0 unspecified atom stereocenters. The van der Waals surface area contributed by atoms with Gasteiger partial charge < -0.3 is 15.4 Å². The van der Waals surface area contributed by atoms with Crippen molar-refractivity contribution in [3.8, 4) is 0 Å². The van der Waals surface area contributed by atoms with Crippen molar-refractivity contribution in [1.82, 2.24) is 15.0 Å². The number of fused-ring (bicyclic) bond motifs is 1. The maximum absolute atomic E-state index is 10.9.